The predicted octanol–water partition coefficient (Wildman–Crippen LogP) is 2.24. The van der Waals surface area contributed by atoms with E-state index in [1.807, 2.05) is 0 Å². The summed E-state index contributed by atoms with van der Waals surface area (Å²) in [6.45, 7) is 10.2. The first-order valence-corrected chi connectivity index (χ1v) is 5.72. The van der Waals surface area contributed by atoms with Crippen LogP contribution < -0.4 is 5.73 Å². The Balaban J connectivity index is 3.46. The van der Waals surface area contributed by atoms with E-state index in [9.17, 15) is 0 Å². The van der Waals surface area contributed by atoms with E-state index in [0.717, 1.165) is 19.4 Å². The number of nitrogens with zero attached hydrogens (tertiary/aromatic N) is 1. The first kappa shape index (κ1) is 12.9. The second-order valence-corrected chi connectivity index (χ2v) is 3.74. The molecule has 0 heterocycles. The van der Waals surface area contributed by atoms with Gasteiger partial charge in [-0.1, -0.05) is 27.2 Å². The number of hydrogen-bond acceptors (Lipinski definition) is 2. The average Bonchev–Trinajstić information content (AvgIpc) is 2.17. The van der Waals surface area contributed by atoms with Crippen LogP contribution in [0.25, 0.3) is 0 Å². The van der Waals surface area contributed by atoms with E-state index in [1.165, 1.54) is 25.9 Å². The Morgan fingerprint density at radius 1 is 1.15 bits per heavy atom. The van der Waals surface area contributed by atoms with E-state index >= 15 is 0 Å². The number of hydrogen-bond donors (Lipinski definition) is 1. The molecule has 0 rings (SSSR count). The lowest BCUT2D eigenvalue weighted by molar-refractivity contribution is 0.271. The third-order valence-electron chi connectivity index (χ3n) is 2.62. The molecule has 0 saturated carbocycles. The summed E-state index contributed by atoms with van der Waals surface area (Å²) in [4.78, 5) is 2.50. The smallest absolute Gasteiger partial charge is 0.00483 e. The van der Waals surface area contributed by atoms with Gasteiger partial charge in [0.05, 0.1) is 0 Å². The molecule has 0 aliphatic carbocycles. The van der Waals surface area contributed by atoms with Gasteiger partial charge in [-0.15, -0.1) is 0 Å². The van der Waals surface area contributed by atoms with Crippen molar-refractivity contribution < 1.29 is 0 Å². The van der Waals surface area contributed by atoms with Crippen molar-refractivity contribution in [3.05, 3.63) is 0 Å². The summed E-state index contributed by atoms with van der Waals surface area (Å²) in [7, 11) is 0. The highest BCUT2D eigenvalue weighted by Gasteiger charge is 2.04. The first-order valence-electron chi connectivity index (χ1n) is 5.72. The molecule has 0 aliphatic rings. The second-order valence-electron chi connectivity index (χ2n) is 3.74. The molecular weight excluding hydrogens is 160 g/mol. The molecule has 0 saturated heterocycles. The van der Waals surface area contributed by atoms with Crippen molar-refractivity contribution in [1.82, 2.24) is 4.90 Å². The SMILES string of the molecule is CCCCN(CC)CCC(N)CC. The highest BCUT2D eigenvalue weighted by molar-refractivity contribution is 4.63. The Bertz CT molecular complexity index is 104. The summed E-state index contributed by atoms with van der Waals surface area (Å²) >= 11 is 0. The van der Waals surface area contributed by atoms with E-state index in [-0.39, 0.29) is 0 Å². The van der Waals surface area contributed by atoms with Gasteiger partial charge in [-0.2, -0.15) is 0 Å². The van der Waals surface area contributed by atoms with Gasteiger partial charge in [-0.25, -0.2) is 0 Å². The summed E-state index contributed by atoms with van der Waals surface area (Å²) in [6.07, 6.45) is 4.85. The van der Waals surface area contributed by atoms with Gasteiger partial charge >= 0.3 is 0 Å². The van der Waals surface area contributed by atoms with Crippen LogP contribution >= 0.6 is 0 Å². The molecule has 0 radical (unpaired) electrons. The van der Waals surface area contributed by atoms with Crippen molar-refractivity contribution in [2.24, 2.45) is 5.73 Å². The van der Waals surface area contributed by atoms with Crippen LogP contribution in [0.1, 0.15) is 46.5 Å². The van der Waals surface area contributed by atoms with E-state index in [0.29, 0.717) is 6.04 Å². The van der Waals surface area contributed by atoms with Crippen LogP contribution in [0, 0.1) is 0 Å². The molecule has 0 spiro atoms. The molecule has 13 heavy (non-hydrogen) atoms. The van der Waals surface area contributed by atoms with Gasteiger partial charge < -0.3 is 10.6 Å². The minimum absolute atomic E-state index is 0.399. The number of unbranched alkanes of at least 4 members (excludes halogenated alkanes) is 1. The molecule has 1 atom stereocenters. The van der Waals surface area contributed by atoms with Crippen LogP contribution in [-0.4, -0.2) is 30.6 Å². The lowest BCUT2D eigenvalue weighted by Gasteiger charge is -2.21. The van der Waals surface area contributed by atoms with Gasteiger partial charge in [0.15, 0.2) is 0 Å². The average molecular weight is 186 g/mol. The second kappa shape index (κ2) is 8.52. The molecule has 80 valence electrons. The maximum absolute atomic E-state index is 5.88. The van der Waals surface area contributed by atoms with Crippen molar-refractivity contribution in [2.45, 2.75) is 52.5 Å². The third-order valence-corrected chi connectivity index (χ3v) is 2.62. The van der Waals surface area contributed by atoms with Gasteiger partial charge in [0, 0.05) is 6.04 Å². The molecule has 0 aromatic heterocycles. The Kier molecular flexibility index (Phi) is 8.46. The highest BCUT2D eigenvalue weighted by Crippen LogP contribution is 1.99. The summed E-state index contributed by atoms with van der Waals surface area (Å²) in [5, 5.41) is 0. The monoisotopic (exact) mass is 186 g/mol. The van der Waals surface area contributed by atoms with Gasteiger partial charge in [0.2, 0.25) is 0 Å². The Hall–Kier alpha value is -0.0800. The first-order chi connectivity index (χ1) is 6.24. The van der Waals surface area contributed by atoms with Crippen molar-refractivity contribution in [1.29, 1.82) is 0 Å². The molecular formula is C11H26N2. The van der Waals surface area contributed by atoms with Crippen molar-refractivity contribution in [3.63, 3.8) is 0 Å². The van der Waals surface area contributed by atoms with E-state index in [4.69, 9.17) is 5.73 Å². The lowest BCUT2D eigenvalue weighted by atomic mass is 10.1. The molecule has 2 N–H and O–H groups in total. The molecule has 2 heteroatoms. The van der Waals surface area contributed by atoms with Crippen molar-refractivity contribution in [2.75, 3.05) is 19.6 Å². The third kappa shape index (κ3) is 7.03. The molecule has 1 unspecified atom stereocenters. The normalized spacial score (nSPS) is 13.6. The van der Waals surface area contributed by atoms with Crippen LogP contribution in [0.3, 0.4) is 0 Å². The van der Waals surface area contributed by atoms with Gasteiger partial charge in [0.1, 0.15) is 0 Å². The molecule has 0 amide bonds. The van der Waals surface area contributed by atoms with Crippen LogP contribution in [0.15, 0.2) is 0 Å². The number of rotatable bonds is 8. The fourth-order valence-corrected chi connectivity index (χ4v) is 1.36. The molecule has 0 aromatic carbocycles. The van der Waals surface area contributed by atoms with Crippen molar-refractivity contribution >= 4 is 0 Å². The minimum Gasteiger partial charge on any atom is -0.328 e. The molecule has 2 nitrogen and oxygen atoms in total. The fourth-order valence-electron chi connectivity index (χ4n) is 1.36. The summed E-state index contributed by atoms with van der Waals surface area (Å²) in [6, 6.07) is 0.399. The van der Waals surface area contributed by atoms with Crippen LogP contribution in [0.2, 0.25) is 0 Å². The Morgan fingerprint density at radius 3 is 2.31 bits per heavy atom. The zero-order chi connectivity index (χ0) is 10.1. The summed E-state index contributed by atoms with van der Waals surface area (Å²) < 4.78 is 0. The van der Waals surface area contributed by atoms with E-state index in [1.54, 1.807) is 0 Å². The van der Waals surface area contributed by atoms with Crippen LogP contribution in [-0.2, 0) is 0 Å². The largest absolute Gasteiger partial charge is 0.328 e. The van der Waals surface area contributed by atoms with Gasteiger partial charge in [-0.05, 0) is 38.9 Å². The quantitative estimate of drug-likeness (QED) is 0.630. The van der Waals surface area contributed by atoms with Gasteiger partial charge in [-0.3, -0.25) is 0 Å². The fraction of sp³-hybridized carbons (Fsp3) is 1.00. The summed E-state index contributed by atoms with van der Waals surface area (Å²) in [5.41, 5.74) is 5.88. The maximum atomic E-state index is 5.88. The van der Waals surface area contributed by atoms with E-state index in [2.05, 4.69) is 25.7 Å². The molecule has 0 fully saturated rings. The standard InChI is InChI=1S/C11H26N2/c1-4-7-9-13(6-3)10-8-11(12)5-2/h11H,4-10,12H2,1-3H3. The van der Waals surface area contributed by atoms with Crippen LogP contribution in [0.5, 0.6) is 0 Å². The predicted molar refractivity (Wildman–Crippen MR) is 59.9 cm³/mol. The lowest BCUT2D eigenvalue weighted by Crippen LogP contribution is -2.30. The highest BCUT2D eigenvalue weighted by atomic mass is 15.1. The molecule has 0 aliphatic heterocycles. The topological polar surface area (TPSA) is 29.3 Å². The zero-order valence-electron chi connectivity index (χ0n) is 9.55. The van der Waals surface area contributed by atoms with Crippen LogP contribution in [0.4, 0.5) is 0 Å². The molecule has 0 aromatic rings. The number of nitrogens with two attached hydrogens (primary N) is 1. The summed E-state index contributed by atoms with van der Waals surface area (Å²) in [5.74, 6) is 0. The van der Waals surface area contributed by atoms with Gasteiger partial charge in [0.25, 0.3) is 0 Å². The Labute approximate surface area is 83.5 Å². The minimum atomic E-state index is 0.399. The Morgan fingerprint density at radius 2 is 1.85 bits per heavy atom. The van der Waals surface area contributed by atoms with E-state index < -0.39 is 0 Å². The zero-order valence-corrected chi connectivity index (χ0v) is 9.55. The molecule has 0 bridgehead atoms. The van der Waals surface area contributed by atoms with Crippen molar-refractivity contribution in [3.8, 4) is 0 Å². The maximum Gasteiger partial charge on any atom is 0.00483 e.